The molecule has 25 heavy (non-hydrogen) atoms. The van der Waals surface area contributed by atoms with E-state index in [2.05, 4.69) is 5.32 Å². The highest BCUT2D eigenvalue weighted by atomic mass is 35.5. The van der Waals surface area contributed by atoms with Gasteiger partial charge in [-0.2, -0.15) is 0 Å². The first-order valence-corrected chi connectivity index (χ1v) is 8.32. The number of carbonyl (C=O) groups is 2. The van der Waals surface area contributed by atoms with Crippen molar-refractivity contribution in [2.45, 2.75) is 20.0 Å². The van der Waals surface area contributed by atoms with Gasteiger partial charge in [0.1, 0.15) is 0 Å². The fourth-order valence-corrected chi connectivity index (χ4v) is 2.30. The second-order valence-corrected chi connectivity index (χ2v) is 6.20. The second kappa shape index (κ2) is 8.70. The molecule has 0 heterocycles. The normalized spacial score (nSPS) is 12.0. The summed E-state index contributed by atoms with van der Waals surface area (Å²) in [4.78, 5) is 24.0. The average Bonchev–Trinajstić information content (AvgIpc) is 2.58. The molecule has 130 valence electrons. The van der Waals surface area contributed by atoms with Crippen LogP contribution in [0.2, 0.25) is 10.0 Å². The van der Waals surface area contributed by atoms with E-state index < -0.39 is 18.0 Å². The lowest BCUT2D eigenvalue weighted by Gasteiger charge is -2.13. The zero-order valence-electron chi connectivity index (χ0n) is 13.8. The molecular weight excluding hydrogens is 361 g/mol. The molecule has 0 fully saturated rings. The van der Waals surface area contributed by atoms with Gasteiger partial charge in [-0.05, 0) is 49.2 Å². The Hall–Kier alpha value is -2.30. The van der Waals surface area contributed by atoms with E-state index >= 15 is 0 Å². The molecular formula is C19H17Cl2NO3. The highest BCUT2D eigenvalue weighted by molar-refractivity contribution is 6.42. The summed E-state index contributed by atoms with van der Waals surface area (Å²) in [6, 6.07) is 12.3. The van der Waals surface area contributed by atoms with Crippen molar-refractivity contribution in [3.8, 4) is 0 Å². The predicted molar refractivity (Wildman–Crippen MR) is 101 cm³/mol. The Bertz CT molecular complexity index is 818. The number of aryl methyl sites for hydroxylation is 1. The van der Waals surface area contributed by atoms with Crippen molar-refractivity contribution in [3.63, 3.8) is 0 Å². The van der Waals surface area contributed by atoms with Gasteiger partial charge in [0.25, 0.3) is 5.91 Å². The van der Waals surface area contributed by atoms with Gasteiger partial charge < -0.3 is 10.1 Å². The SMILES string of the molecule is Cc1ccccc1NC(=O)[C@@H](C)OC(=O)/C=C/c1ccc(Cl)c(Cl)c1. The van der Waals surface area contributed by atoms with Gasteiger partial charge in [0.05, 0.1) is 10.0 Å². The Morgan fingerprint density at radius 1 is 1.12 bits per heavy atom. The molecule has 0 bridgehead atoms. The largest absolute Gasteiger partial charge is 0.449 e. The molecule has 2 rings (SSSR count). The molecule has 0 aromatic heterocycles. The van der Waals surface area contributed by atoms with Crippen molar-refractivity contribution in [1.29, 1.82) is 0 Å². The summed E-state index contributed by atoms with van der Waals surface area (Å²) in [5, 5.41) is 3.56. The van der Waals surface area contributed by atoms with Crippen LogP contribution in [0.25, 0.3) is 6.08 Å². The van der Waals surface area contributed by atoms with E-state index in [1.54, 1.807) is 24.3 Å². The number of halogens is 2. The quantitative estimate of drug-likeness (QED) is 0.596. The van der Waals surface area contributed by atoms with Crippen molar-refractivity contribution in [1.82, 2.24) is 0 Å². The molecule has 0 saturated carbocycles. The summed E-state index contributed by atoms with van der Waals surface area (Å²) in [6.45, 7) is 3.39. The maximum atomic E-state index is 12.1. The minimum Gasteiger partial charge on any atom is -0.449 e. The van der Waals surface area contributed by atoms with Crippen LogP contribution in [0.1, 0.15) is 18.1 Å². The van der Waals surface area contributed by atoms with Gasteiger partial charge in [-0.15, -0.1) is 0 Å². The first-order chi connectivity index (χ1) is 11.9. The number of anilines is 1. The van der Waals surface area contributed by atoms with Crippen LogP contribution in [0.15, 0.2) is 48.5 Å². The number of ether oxygens (including phenoxy) is 1. The number of amides is 1. The van der Waals surface area contributed by atoms with Crippen LogP contribution in [0.3, 0.4) is 0 Å². The summed E-state index contributed by atoms with van der Waals surface area (Å²) < 4.78 is 5.10. The lowest BCUT2D eigenvalue weighted by molar-refractivity contribution is -0.148. The Morgan fingerprint density at radius 2 is 1.84 bits per heavy atom. The van der Waals surface area contributed by atoms with Gasteiger partial charge in [0, 0.05) is 11.8 Å². The minimum absolute atomic E-state index is 0.392. The highest BCUT2D eigenvalue weighted by Crippen LogP contribution is 2.23. The van der Waals surface area contributed by atoms with E-state index in [9.17, 15) is 9.59 Å². The van der Waals surface area contributed by atoms with Gasteiger partial charge in [-0.1, -0.05) is 47.5 Å². The Morgan fingerprint density at radius 3 is 2.52 bits per heavy atom. The van der Waals surface area contributed by atoms with Crippen LogP contribution in [-0.2, 0) is 14.3 Å². The van der Waals surface area contributed by atoms with Crippen molar-refractivity contribution >= 4 is 46.8 Å². The molecule has 0 spiro atoms. The molecule has 2 aromatic rings. The number of esters is 1. The molecule has 0 radical (unpaired) electrons. The minimum atomic E-state index is -0.925. The molecule has 6 heteroatoms. The predicted octanol–water partition coefficient (Wildman–Crippen LogP) is 4.89. The van der Waals surface area contributed by atoms with E-state index in [1.165, 1.54) is 19.1 Å². The van der Waals surface area contributed by atoms with Gasteiger partial charge in [-0.25, -0.2) is 4.79 Å². The molecule has 0 saturated heterocycles. The molecule has 0 unspecified atom stereocenters. The summed E-state index contributed by atoms with van der Waals surface area (Å²) in [5.41, 5.74) is 2.30. The maximum Gasteiger partial charge on any atom is 0.331 e. The zero-order valence-corrected chi connectivity index (χ0v) is 15.3. The van der Waals surface area contributed by atoms with Gasteiger partial charge in [-0.3, -0.25) is 4.79 Å². The first kappa shape index (κ1) is 19.0. The molecule has 0 aliphatic heterocycles. The summed E-state index contributed by atoms with van der Waals surface area (Å²) >= 11 is 11.7. The van der Waals surface area contributed by atoms with Crippen LogP contribution in [0.4, 0.5) is 5.69 Å². The molecule has 2 aromatic carbocycles. The van der Waals surface area contributed by atoms with Crippen molar-refractivity contribution < 1.29 is 14.3 Å². The monoisotopic (exact) mass is 377 g/mol. The van der Waals surface area contributed by atoms with Gasteiger partial charge in [0.2, 0.25) is 0 Å². The van der Waals surface area contributed by atoms with Crippen molar-refractivity contribution in [2.24, 2.45) is 0 Å². The van der Waals surface area contributed by atoms with Crippen molar-refractivity contribution in [3.05, 3.63) is 69.7 Å². The van der Waals surface area contributed by atoms with Crippen LogP contribution in [0, 0.1) is 6.92 Å². The fraction of sp³-hybridized carbons (Fsp3) is 0.158. The molecule has 0 aliphatic carbocycles. The zero-order chi connectivity index (χ0) is 18.4. The molecule has 0 aliphatic rings. The third-order valence-corrected chi connectivity index (χ3v) is 4.16. The standard InChI is InChI=1S/C19H17Cl2NO3/c1-12-5-3-4-6-17(12)22-19(24)13(2)25-18(23)10-8-14-7-9-15(20)16(21)11-14/h3-11,13H,1-2H3,(H,22,24)/b10-8+/t13-/m1/s1. The van der Waals surface area contributed by atoms with Crippen LogP contribution >= 0.6 is 23.2 Å². The van der Waals surface area contributed by atoms with Crippen LogP contribution in [0.5, 0.6) is 0 Å². The maximum absolute atomic E-state index is 12.1. The Balaban J connectivity index is 1.92. The molecule has 1 atom stereocenters. The molecule has 4 nitrogen and oxygen atoms in total. The average molecular weight is 378 g/mol. The topological polar surface area (TPSA) is 55.4 Å². The highest BCUT2D eigenvalue weighted by Gasteiger charge is 2.17. The van der Waals surface area contributed by atoms with E-state index in [0.717, 1.165) is 5.56 Å². The second-order valence-electron chi connectivity index (χ2n) is 5.39. The van der Waals surface area contributed by atoms with Gasteiger partial charge in [0.15, 0.2) is 6.10 Å². The number of para-hydroxylation sites is 1. The summed E-state index contributed by atoms with van der Waals surface area (Å²) in [7, 11) is 0. The van der Waals surface area contributed by atoms with E-state index in [1.807, 2.05) is 25.1 Å². The summed E-state index contributed by atoms with van der Waals surface area (Å²) in [6.07, 6.45) is 1.85. The van der Waals surface area contributed by atoms with E-state index in [0.29, 0.717) is 21.3 Å². The summed E-state index contributed by atoms with van der Waals surface area (Å²) in [5.74, 6) is -1.02. The number of benzene rings is 2. The third-order valence-electron chi connectivity index (χ3n) is 3.42. The van der Waals surface area contributed by atoms with Crippen LogP contribution < -0.4 is 5.32 Å². The smallest absolute Gasteiger partial charge is 0.331 e. The number of hydrogen-bond acceptors (Lipinski definition) is 3. The number of rotatable bonds is 5. The van der Waals surface area contributed by atoms with E-state index in [-0.39, 0.29) is 0 Å². The fourth-order valence-electron chi connectivity index (χ4n) is 1.99. The third kappa shape index (κ3) is 5.62. The lowest BCUT2D eigenvalue weighted by atomic mass is 10.2. The number of nitrogens with one attached hydrogen (secondary N) is 1. The van der Waals surface area contributed by atoms with E-state index in [4.69, 9.17) is 27.9 Å². The molecule has 1 N–H and O–H groups in total. The first-order valence-electron chi connectivity index (χ1n) is 7.57. The lowest BCUT2D eigenvalue weighted by Crippen LogP contribution is -2.29. The molecule has 1 amide bonds. The van der Waals surface area contributed by atoms with Crippen LogP contribution in [-0.4, -0.2) is 18.0 Å². The van der Waals surface area contributed by atoms with Crippen molar-refractivity contribution in [2.75, 3.05) is 5.32 Å². The van der Waals surface area contributed by atoms with Gasteiger partial charge >= 0.3 is 5.97 Å². The number of carbonyl (C=O) groups excluding carboxylic acids is 2. The Kier molecular flexibility index (Phi) is 6.62. The Labute approximate surface area is 156 Å². The number of hydrogen-bond donors (Lipinski definition) is 1.